The lowest BCUT2D eigenvalue weighted by Crippen LogP contribution is -2.28. The van der Waals surface area contributed by atoms with Crippen LogP contribution in [-0.2, 0) is 24.7 Å². The van der Waals surface area contributed by atoms with Crippen molar-refractivity contribution in [3.8, 4) is 11.5 Å². The van der Waals surface area contributed by atoms with E-state index in [0.29, 0.717) is 30.5 Å². The fraction of sp³-hybridized carbons (Fsp3) is 0.600. The highest BCUT2D eigenvalue weighted by Crippen LogP contribution is 2.31. The average Bonchev–Trinajstić information content (AvgIpc) is 3.34. The molecule has 1 saturated carbocycles. The smallest absolute Gasteiger partial charge is 0.182 e. The van der Waals surface area contributed by atoms with E-state index >= 15 is 0 Å². The second-order valence-corrected chi connectivity index (χ2v) is 7.82. The van der Waals surface area contributed by atoms with Gasteiger partial charge in [-0.1, -0.05) is 25.7 Å². The Morgan fingerprint density at radius 1 is 1.23 bits per heavy atom. The maximum absolute atomic E-state index is 12.5. The Balaban J connectivity index is 1.56. The molecule has 2 heterocycles. The Kier molecular flexibility index (Phi) is 4.74. The standard InChI is InChI=1S/C20H27N5O/c1-24-12-18(21-13-24)19-22-17-9-5-8-16(17)20(23-19)25(2)11-15(26)10-14-6-3-4-7-14/h12-14H,3-11H2,1-2H3. The summed E-state index contributed by atoms with van der Waals surface area (Å²) in [6.45, 7) is 0.432. The van der Waals surface area contributed by atoms with Crippen molar-refractivity contribution in [1.82, 2.24) is 19.5 Å². The van der Waals surface area contributed by atoms with Gasteiger partial charge in [0.05, 0.1) is 12.9 Å². The number of nitrogens with zero attached hydrogens (tertiary/aromatic N) is 5. The number of aromatic nitrogens is 4. The maximum Gasteiger partial charge on any atom is 0.182 e. The second kappa shape index (κ2) is 7.17. The minimum Gasteiger partial charge on any atom is -0.352 e. The fourth-order valence-electron chi connectivity index (χ4n) is 4.31. The number of hydrogen-bond acceptors (Lipinski definition) is 5. The molecule has 4 rings (SSSR count). The Morgan fingerprint density at radius 3 is 2.77 bits per heavy atom. The Hall–Kier alpha value is -2.24. The number of rotatable bonds is 6. The topological polar surface area (TPSA) is 63.9 Å². The van der Waals surface area contributed by atoms with E-state index in [1.165, 1.54) is 31.2 Å². The van der Waals surface area contributed by atoms with E-state index < -0.39 is 0 Å². The Morgan fingerprint density at radius 2 is 2.04 bits per heavy atom. The minimum atomic E-state index is 0.323. The Labute approximate surface area is 154 Å². The first-order valence-corrected chi connectivity index (χ1v) is 9.71. The molecule has 0 aliphatic heterocycles. The molecule has 26 heavy (non-hydrogen) atoms. The number of fused-ring (bicyclic) bond motifs is 1. The first-order valence-electron chi connectivity index (χ1n) is 9.71. The second-order valence-electron chi connectivity index (χ2n) is 7.82. The van der Waals surface area contributed by atoms with Gasteiger partial charge in [0.1, 0.15) is 11.5 Å². The number of carbonyl (C=O) groups excluding carboxylic acids is 1. The summed E-state index contributed by atoms with van der Waals surface area (Å²) in [6.07, 6.45) is 12.5. The van der Waals surface area contributed by atoms with Gasteiger partial charge in [-0.15, -0.1) is 0 Å². The molecule has 6 nitrogen and oxygen atoms in total. The number of likely N-dealkylation sites (N-methyl/N-ethyl adjacent to an activating group) is 1. The molecule has 2 aliphatic carbocycles. The van der Waals surface area contributed by atoms with Crippen molar-refractivity contribution in [2.24, 2.45) is 13.0 Å². The van der Waals surface area contributed by atoms with Gasteiger partial charge in [-0.25, -0.2) is 15.0 Å². The summed E-state index contributed by atoms with van der Waals surface area (Å²) in [5.74, 6) is 2.49. The van der Waals surface area contributed by atoms with Crippen LogP contribution >= 0.6 is 0 Å². The molecular formula is C20H27N5O. The van der Waals surface area contributed by atoms with Gasteiger partial charge < -0.3 is 9.47 Å². The number of imidazole rings is 1. The summed E-state index contributed by atoms with van der Waals surface area (Å²) in [7, 11) is 3.92. The summed E-state index contributed by atoms with van der Waals surface area (Å²) in [5.41, 5.74) is 3.11. The highest BCUT2D eigenvalue weighted by atomic mass is 16.1. The van der Waals surface area contributed by atoms with Crippen molar-refractivity contribution >= 4 is 11.6 Å². The number of carbonyl (C=O) groups is 1. The van der Waals surface area contributed by atoms with Gasteiger partial charge >= 0.3 is 0 Å². The third-order valence-corrected chi connectivity index (χ3v) is 5.61. The molecule has 2 aliphatic rings. The van der Waals surface area contributed by atoms with Crippen LogP contribution in [0.4, 0.5) is 5.82 Å². The van der Waals surface area contributed by atoms with E-state index in [-0.39, 0.29) is 0 Å². The van der Waals surface area contributed by atoms with Crippen molar-refractivity contribution < 1.29 is 4.79 Å². The maximum atomic E-state index is 12.5. The predicted octanol–water partition coefficient (Wildman–Crippen LogP) is 2.95. The highest BCUT2D eigenvalue weighted by molar-refractivity contribution is 5.83. The van der Waals surface area contributed by atoms with Crippen LogP contribution in [0, 0.1) is 5.92 Å². The normalized spacial score (nSPS) is 16.8. The monoisotopic (exact) mass is 353 g/mol. The molecule has 0 spiro atoms. The van der Waals surface area contributed by atoms with Gasteiger partial charge in [0.2, 0.25) is 0 Å². The summed E-state index contributed by atoms with van der Waals surface area (Å²) in [6, 6.07) is 0. The van der Waals surface area contributed by atoms with Gasteiger partial charge in [-0.05, 0) is 25.2 Å². The predicted molar refractivity (Wildman–Crippen MR) is 101 cm³/mol. The third kappa shape index (κ3) is 3.50. The van der Waals surface area contributed by atoms with Crippen LogP contribution in [0.3, 0.4) is 0 Å². The zero-order valence-electron chi connectivity index (χ0n) is 15.7. The van der Waals surface area contributed by atoms with E-state index in [2.05, 4.69) is 4.98 Å². The van der Waals surface area contributed by atoms with Gasteiger partial charge in [-0.2, -0.15) is 0 Å². The van der Waals surface area contributed by atoms with Crippen LogP contribution in [-0.4, -0.2) is 38.9 Å². The lowest BCUT2D eigenvalue weighted by molar-refractivity contribution is -0.118. The van der Waals surface area contributed by atoms with Crippen molar-refractivity contribution in [1.29, 1.82) is 0 Å². The molecule has 0 unspecified atom stereocenters. The number of ketones is 1. The molecule has 0 saturated heterocycles. The van der Waals surface area contributed by atoms with Gasteiger partial charge in [0.15, 0.2) is 11.6 Å². The first-order chi connectivity index (χ1) is 12.6. The molecule has 0 atom stereocenters. The van der Waals surface area contributed by atoms with Crippen molar-refractivity contribution in [3.63, 3.8) is 0 Å². The molecule has 0 radical (unpaired) electrons. The molecule has 0 aromatic carbocycles. The highest BCUT2D eigenvalue weighted by Gasteiger charge is 2.25. The summed E-state index contributed by atoms with van der Waals surface area (Å²) in [4.78, 5) is 28.5. The summed E-state index contributed by atoms with van der Waals surface area (Å²) < 4.78 is 1.90. The van der Waals surface area contributed by atoms with E-state index in [1.807, 2.05) is 29.8 Å². The quantitative estimate of drug-likeness (QED) is 0.799. The molecule has 138 valence electrons. The molecular weight excluding hydrogens is 326 g/mol. The SMILES string of the molecule is CN(CC(=O)CC1CCCC1)c1nc(-c2cn(C)cn2)nc2c1CCC2. The third-order valence-electron chi connectivity index (χ3n) is 5.61. The van der Waals surface area contributed by atoms with Crippen LogP contribution in [0.15, 0.2) is 12.5 Å². The van der Waals surface area contributed by atoms with Crippen LogP contribution < -0.4 is 4.90 Å². The van der Waals surface area contributed by atoms with Gasteiger partial charge in [-0.3, -0.25) is 4.79 Å². The van der Waals surface area contributed by atoms with Crippen molar-refractivity contribution in [2.45, 2.75) is 51.4 Å². The van der Waals surface area contributed by atoms with Crippen molar-refractivity contribution in [3.05, 3.63) is 23.8 Å². The average molecular weight is 353 g/mol. The van der Waals surface area contributed by atoms with E-state index in [1.54, 1.807) is 6.33 Å². The molecule has 2 aromatic rings. The van der Waals surface area contributed by atoms with Gasteiger partial charge in [0, 0.05) is 38.0 Å². The largest absolute Gasteiger partial charge is 0.352 e. The zero-order valence-corrected chi connectivity index (χ0v) is 15.7. The molecule has 6 heteroatoms. The molecule has 0 bridgehead atoms. The molecule has 0 N–H and O–H groups in total. The van der Waals surface area contributed by atoms with Crippen LogP contribution in [0.25, 0.3) is 11.5 Å². The van der Waals surface area contributed by atoms with Crippen LogP contribution in [0.2, 0.25) is 0 Å². The molecule has 0 amide bonds. The van der Waals surface area contributed by atoms with Crippen LogP contribution in [0.5, 0.6) is 0 Å². The van der Waals surface area contributed by atoms with Gasteiger partial charge in [0.25, 0.3) is 0 Å². The van der Waals surface area contributed by atoms with E-state index in [4.69, 9.17) is 9.97 Å². The van der Waals surface area contributed by atoms with E-state index in [0.717, 1.165) is 36.5 Å². The summed E-state index contributed by atoms with van der Waals surface area (Å²) >= 11 is 0. The minimum absolute atomic E-state index is 0.323. The number of anilines is 1. The fourth-order valence-corrected chi connectivity index (χ4v) is 4.31. The number of Topliss-reactive ketones (excluding diaryl/α,β-unsaturated/α-hetero) is 1. The number of aryl methyl sites for hydroxylation is 2. The van der Waals surface area contributed by atoms with Crippen LogP contribution in [0.1, 0.15) is 49.8 Å². The lowest BCUT2D eigenvalue weighted by Gasteiger charge is -2.21. The van der Waals surface area contributed by atoms with E-state index in [9.17, 15) is 4.79 Å². The first kappa shape index (κ1) is 17.2. The lowest BCUT2D eigenvalue weighted by atomic mass is 10.0. The number of hydrogen-bond donors (Lipinski definition) is 0. The Bertz CT molecular complexity index is 807. The van der Waals surface area contributed by atoms with Crippen molar-refractivity contribution in [2.75, 3.05) is 18.5 Å². The zero-order chi connectivity index (χ0) is 18.1. The molecule has 2 aromatic heterocycles. The molecule has 1 fully saturated rings. The summed E-state index contributed by atoms with van der Waals surface area (Å²) in [5, 5.41) is 0.